The van der Waals surface area contributed by atoms with Gasteiger partial charge in [-0.3, -0.25) is 4.98 Å². The molecule has 3 aromatic heterocycles. The maximum Gasteiger partial charge on any atom is 0.143 e. The van der Waals surface area contributed by atoms with Crippen LogP contribution in [0, 0.1) is 0 Å². The van der Waals surface area contributed by atoms with E-state index in [0.29, 0.717) is 0 Å². The molecule has 3 heterocycles. The molecule has 0 spiro atoms. The minimum absolute atomic E-state index is 0.910. The van der Waals surface area contributed by atoms with Gasteiger partial charge in [-0.25, -0.2) is 4.98 Å². The SMILES string of the molecule is c1ccc2c(c1)ccc1c3cc(-c4ccc(-c5ccc6ccc7cccnc7c6n5)cc4)ccc3oc21. The lowest BCUT2D eigenvalue weighted by molar-refractivity contribution is 0.672. The van der Waals surface area contributed by atoms with E-state index in [9.17, 15) is 0 Å². The Hall–Kier alpha value is -5.02. The fraction of sp³-hybridized carbons (Fsp3) is 0. The van der Waals surface area contributed by atoms with Crippen LogP contribution in [0.2, 0.25) is 0 Å². The zero-order valence-electron chi connectivity index (χ0n) is 19.8. The van der Waals surface area contributed by atoms with E-state index in [-0.39, 0.29) is 0 Å². The van der Waals surface area contributed by atoms with E-state index in [1.54, 1.807) is 0 Å². The Kier molecular flexibility index (Phi) is 4.23. The van der Waals surface area contributed by atoms with Gasteiger partial charge in [0, 0.05) is 38.7 Å². The molecular formula is C34H20N2O. The summed E-state index contributed by atoms with van der Waals surface area (Å²) in [6, 6.07) is 40.2. The largest absolute Gasteiger partial charge is 0.455 e. The molecule has 0 atom stereocenters. The van der Waals surface area contributed by atoms with Gasteiger partial charge in [0.2, 0.25) is 0 Å². The summed E-state index contributed by atoms with van der Waals surface area (Å²) in [5.41, 5.74) is 8.08. The van der Waals surface area contributed by atoms with Crippen LogP contribution >= 0.6 is 0 Å². The van der Waals surface area contributed by atoms with Crippen LogP contribution in [0.25, 0.3) is 76.9 Å². The lowest BCUT2D eigenvalue weighted by Crippen LogP contribution is -1.88. The van der Waals surface area contributed by atoms with E-state index in [1.165, 1.54) is 5.39 Å². The maximum absolute atomic E-state index is 6.29. The molecule has 3 heteroatoms. The summed E-state index contributed by atoms with van der Waals surface area (Å²) in [6.45, 7) is 0. The van der Waals surface area contributed by atoms with Crippen molar-refractivity contribution >= 4 is 54.5 Å². The molecular weight excluding hydrogens is 452 g/mol. The van der Waals surface area contributed by atoms with Crippen molar-refractivity contribution in [2.45, 2.75) is 0 Å². The standard InChI is InChI=1S/C34H20N2O/c1-2-6-27-22(4-1)13-16-28-29-20-26(15-18-31(29)37-34(27)28)21-7-9-23(10-8-21)30-17-14-25-12-11-24-5-3-19-35-32(24)33(25)36-30/h1-20H. The van der Waals surface area contributed by atoms with Gasteiger partial charge in [-0.15, -0.1) is 0 Å². The zero-order chi connectivity index (χ0) is 24.3. The molecule has 0 N–H and O–H groups in total. The molecule has 0 radical (unpaired) electrons. The van der Waals surface area contributed by atoms with Crippen LogP contribution in [-0.2, 0) is 0 Å². The van der Waals surface area contributed by atoms with Crippen molar-refractivity contribution in [1.29, 1.82) is 0 Å². The second-order valence-corrected chi connectivity index (χ2v) is 9.46. The number of pyridine rings is 2. The average Bonchev–Trinajstić information content (AvgIpc) is 3.35. The fourth-order valence-electron chi connectivity index (χ4n) is 5.40. The predicted molar refractivity (Wildman–Crippen MR) is 153 cm³/mol. The molecule has 8 rings (SSSR count). The van der Waals surface area contributed by atoms with Crippen molar-refractivity contribution < 1.29 is 4.42 Å². The van der Waals surface area contributed by atoms with E-state index in [1.807, 2.05) is 12.3 Å². The first-order chi connectivity index (χ1) is 18.3. The number of nitrogens with zero attached hydrogens (tertiary/aromatic N) is 2. The molecule has 0 aliphatic rings. The third-order valence-electron chi connectivity index (χ3n) is 7.31. The van der Waals surface area contributed by atoms with Gasteiger partial charge in [-0.2, -0.15) is 0 Å². The molecule has 0 unspecified atom stereocenters. The van der Waals surface area contributed by atoms with Gasteiger partial charge in [0.15, 0.2) is 0 Å². The normalized spacial score (nSPS) is 11.8. The molecule has 172 valence electrons. The summed E-state index contributed by atoms with van der Waals surface area (Å²) in [5, 5.41) is 6.82. The maximum atomic E-state index is 6.29. The van der Waals surface area contributed by atoms with Gasteiger partial charge < -0.3 is 4.42 Å². The van der Waals surface area contributed by atoms with Gasteiger partial charge in [0.25, 0.3) is 0 Å². The third kappa shape index (κ3) is 3.14. The quantitative estimate of drug-likeness (QED) is 0.235. The van der Waals surface area contributed by atoms with E-state index >= 15 is 0 Å². The second kappa shape index (κ2) is 7.74. The van der Waals surface area contributed by atoms with Gasteiger partial charge in [-0.1, -0.05) is 84.9 Å². The summed E-state index contributed by atoms with van der Waals surface area (Å²) in [7, 11) is 0. The van der Waals surface area contributed by atoms with Gasteiger partial charge in [0.1, 0.15) is 11.2 Å². The lowest BCUT2D eigenvalue weighted by Gasteiger charge is -2.07. The summed E-state index contributed by atoms with van der Waals surface area (Å²) in [6.07, 6.45) is 1.83. The Bertz CT molecular complexity index is 2140. The molecule has 0 bridgehead atoms. The first kappa shape index (κ1) is 20.2. The van der Waals surface area contributed by atoms with Gasteiger partial charge in [0.05, 0.1) is 16.7 Å². The van der Waals surface area contributed by atoms with Crippen molar-refractivity contribution in [2.75, 3.05) is 0 Å². The smallest absolute Gasteiger partial charge is 0.143 e. The number of rotatable bonds is 2. The van der Waals surface area contributed by atoms with E-state index < -0.39 is 0 Å². The number of aromatic nitrogens is 2. The number of fused-ring (bicyclic) bond motifs is 8. The molecule has 0 saturated carbocycles. The monoisotopic (exact) mass is 472 g/mol. The fourth-order valence-corrected chi connectivity index (χ4v) is 5.40. The summed E-state index contributed by atoms with van der Waals surface area (Å²) in [5.74, 6) is 0. The van der Waals surface area contributed by atoms with Crippen LogP contribution in [-0.4, -0.2) is 9.97 Å². The Morgan fingerprint density at radius 2 is 1.22 bits per heavy atom. The van der Waals surface area contributed by atoms with Crippen LogP contribution in [0.15, 0.2) is 126 Å². The molecule has 8 aromatic rings. The van der Waals surface area contributed by atoms with E-state index in [2.05, 4.69) is 114 Å². The van der Waals surface area contributed by atoms with Crippen molar-refractivity contribution in [3.63, 3.8) is 0 Å². The molecule has 37 heavy (non-hydrogen) atoms. The highest BCUT2D eigenvalue weighted by molar-refractivity contribution is 6.15. The minimum Gasteiger partial charge on any atom is -0.455 e. The number of benzene rings is 5. The molecule has 0 aliphatic carbocycles. The summed E-state index contributed by atoms with van der Waals surface area (Å²) in [4.78, 5) is 9.58. The zero-order valence-corrected chi connectivity index (χ0v) is 19.8. The van der Waals surface area contributed by atoms with E-state index in [0.717, 1.165) is 71.5 Å². The highest BCUT2D eigenvalue weighted by Crippen LogP contribution is 2.36. The molecule has 0 fully saturated rings. The van der Waals surface area contributed by atoms with Crippen molar-refractivity contribution in [3.05, 3.63) is 121 Å². The van der Waals surface area contributed by atoms with Crippen molar-refractivity contribution in [1.82, 2.24) is 9.97 Å². The third-order valence-corrected chi connectivity index (χ3v) is 7.31. The van der Waals surface area contributed by atoms with Crippen LogP contribution in [0.5, 0.6) is 0 Å². The highest BCUT2D eigenvalue weighted by atomic mass is 16.3. The number of hydrogen-bond donors (Lipinski definition) is 0. The summed E-state index contributed by atoms with van der Waals surface area (Å²) >= 11 is 0. The minimum atomic E-state index is 0.910. The van der Waals surface area contributed by atoms with Gasteiger partial charge in [-0.05, 0) is 46.8 Å². The molecule has 0 amide bonds. The first-order valence-corrected chi connectivity index (χ1v) is 12.4. The Labute approximate surface area is 212 Å². The Balaban J connectivity index is 1.21. The Morgan fingerprint density at radius 3 is 2.14 bits per heavy atom. The van der Waals surface area contributed by atoms with Crippen LogP contribution < -0.4 is 0 Å². The van der Waals surface area contributed by atoms with Crippen LogP contribution in [0.3, 0.4) is 0 Å². The molecule has 5 aromatic carbocycles. The number of furan rings is 1. The number of hydrogen-bond acceptors (Lipinski definition) is 3. The highest BCUT2D eigenvalue weighted by Gasteiger charge is 2.12. The Morgan fingerprint density at radius 1 is 0.486 bits per heavy atom. The van der Waals surface area contributed by atoms with Gasteiger partial charge >= 0.3 is 0 Å². The van der Waals surface area contributed by atoms with Crippen molar-refractivity contribution in [3.8, 4) is 22.4 Å². The second-order valence-electron chi connectivity index (χ2n) is 9.46. The first-order valence-electron chi connectivity index (χ1n) is 12.4. The lowest BCUT2D eigenvalue weighted by atomic mass is 9.99. The van der Waals surface area contributed by atoms with Crippen molar-refractivity contribution in [2.24, 2.45) is 0 Å². The van der Waals surface area contributed by atoms with Crippen LogP contribution in [0.4, 0.5) is 0 Å². The average molecular weight is 473 g/mol. The summed E-state index contributed by atoms with van der Waals surface area (Å²) < 4.78 is 6.29. The molecule has 3 nitrogen and oxygen atoms in total. The topological polar surface area (TPSA) is 38.9 Å². The molecule has 0 aliphatic heterocycles. The van der Waals surface area contributed by atoms with Crippen LogP contribution in [0.1, 0.15) is 0 Å². The van der Waals surface area contributed by atoms with E-state index in [4.69, 9.17) is 9.40 Å². The predicted octanol–water partition coefficient (Wildman–Crippen LogP) is 9.17. The molecule has 0 saturated heterocycles.